The first-order valence-electron chi connectivity index (χ1n) is 13.8. The first-order valence-corrected chi connectivity index (χ1v) is 14.8. The molecule has 0 aromatic carbocycles. The van der Waals surface area contributed by atoms with E-state index in [-0.39, 0.29) is 24.8 Å². The largest absolute Gasteiger partial charge is 0.447 e. The van der Waals surface area contributed by atoms with Crippen molar-refractivity contribution in [1.29, 1.82) is 0 Å². The van der Waals surface area contributed by atoms with E-state index < -0.39 is 80.6 Å². The van der Waals surface area contributed by atoms with E-state index in [1.807, 2.05) is 0 Å². The molecule has 10 heteroatoms. The third-order valence-electron chi connectivity index (χ3n) is 11.0. The van der Waals surface area contributed by atoms with E-state index in [0.29, 0.717) is 37.6 Å². The second kappa shape index (κ2) is 9.44. The van der Waals surface area contributed by atoms with Crippen LogP contribution in [0.2, 0.25) is 0 Å². The smallest absolute Gasteiger partial charge is 0.339 e. The minimum atomic E-state index is -2.34. The molecule has 1 aliphatic heterocycles. The fraction of sp³-hybridized carbons (Fsp3) is 0.759. The Morgan fingerprint density at radius 1 is 1.26 bits per heavy atom. The van der Waals surface area contributed by atoms with Crippen LogP contribution in [0.5, 0.6) is 0 Å². The maximum absolute atomic E-state index is 17.5. The fourth-order valence-corrected chi connectivity index (χ4v) is 9.68. The molecule has 3 saturated carbocycles. The van der Waals surface area contributed by atoms with Gasteiger partial charge in [0.1, 0.15) is 12.2 Å². The van der Waals surface area contributed by atoms with Crippen molar-refractivity contribution in [3.63, 3.8) is 0 Å². The lowest BCUT2D eigenvalue weighted by molar-refractivity contribution is -0.234. The van der Waals surface area contributed by atoms with E-state index in [0.717, 1.165) is 6.08 Å². The van der Waals surface area contributed by atoms with Crippen molar-refractivity contribution < 1.29 is 42.1 Å². The van der Waals surface area contributed by atoms with Crippen molar-refractivity contribution >= 4 is 28.6 Å². The maximum Gasteiger partial charge on any atom is 0.339 e. The lowest BCUT2D eigenvalue weighted by Crippen LogP contribution is -2.71. The Bertz CT molecular complexity index is 1140. The van der Waals surface area contributed by atoms with Gasteiger partial charge in [-0.15, -0.1) is 0 Å². The number of hydrogen-bond acceptors (Lipinski definition) is 7. The van der Waals surface area contributed by atoms with Gasteiger partial charge in [-0.25, -0.2) is 18.0 Å². The standard InChI is InChI=1S/C29H37F3O6S/c1-5-27(8-6-10-37-27)23(35)38-29(24(36)39-15-30)16(2)11-18-19-13-21(31)20-12-17(33)7-9-25(20,3)28(19,32)22(34)14-26(18,29)4/h7,9,12,16,18-19,21-22,34H,5-6,8,10-11,13-15H2,1-4H3/t16?,18-,19-,21?,22?,25-,26-,27?,28?,29?/m0/s1. The number of aliphatic hydroxyl groups is 1. The molecule has 1 heterocycles. The molecule has 0 aromatic heterocycles. The van der Waals surface area contributed by atoms with E-state index in [1.165, 1.54) is 19.1 Å². The number of allylic oxidation sites excluding steroid dienone is 4. The first-order chi connectivity index (χ1) is 18.3. The summed E-state index contributed by atoms with van der Waals surface area (Å²) in [6.07, 6.45) is 1.43. The van der Waals surface area contributed by atoms with Crippen LogP contribution in [0.1, 0.15) is 66.2 Å². The zero-order valence-corrected chi connectivity index (χ0v) is 23.6. The van der Waals surface area contributed by atoms with Gasteiger partial charge in [0.25, 0.3) is 0 Å². The molecular weight excluding hydrogens is 533 g/mol. The number of carbonyl (C=O) groups is 3. The molecule has 1 saturated heterocycles. The normalized spacial score (nSPS) is 48.7. The predicted octanol–water partition coefficient (Wildman–Crippen LogP) is 4.98. The fourth-order valence-electron chi connectivity index (χ4n) is 8.90. The summed E-state index contributed by atoms with van der Waals surface area (Å²) in [6, 6.07) is -1.04. The van der Waals surface area contributed by atoms with Crippen molar-refractivity contribution in [1.82, 2.24) is 0 Å². The van der Waals surface area contributed by atoms with E-state index in [1.54, 1.807) is 20.8 Å². The number of thioether (sulfide) groups is 1. The van der Waals surface area contributed by atoms with Crippen LogP contribution < -0.4 is 0 Å². The summed E-state index contributed by atoms with van der Waals surface area (Å²) in [5.41, 5.74) is -8.31. The Hall–Kier alpha value is -1.65. The molecule has 5 rings (SSSR count). The Balaban J connectivity index is 1.62. The van der Waals surface area contributed by atoms with Gasteiger partial charge in [0.2, 0.25) is 5.12 Å². The van der Waals surface area contributed by atoms with Gasteiger partial charge < -0.3 is 14.6 Å². The lowest BCUT2D eigenvalue weighted by Gasteiger charge is -2.63. The van der Waals surface area contributed by atoms with Crippen molar-refractivity contribution in [3.8, 4) is 0 Å². The molecule has 1 N–H and O–H groups in total. The van der Waals surface area contributed by atoms with Gasteiger partial charge in [-0.1, -0.05) is 26.8 Å². The SMILES string of the molecule is CCC1(C(=O)OC2(C(=O)SCF)C(C)C[C@H]3[C@@H]4CC(F)C5=CC(=O)C=C[C@]5(C)C4(F)C(O)C[C@@]32C)CCCO1. The topological polar surface area (TPSA) is 89.9 Å². The molecular formula is C29H37F3O6S. The van der Waals surface area contributed by atoms with Crippen molar-refractivity contribution in [3.05, 3.63) is 23.8 Å². The summed E-state index contributed by atoms with van der Waals surface area (Å²) in [5, 5.41) is 10.9. The summed E-state index contributed by atoms with van der Waals surface area (Å²) >= 11 is 0.394. The minimum absolute atomic E-state index is 0.00692. The van der Waals surface area contributed by atoms with Gasteiger partial charge in [0.05, 0.1) is 6.10 Å². The third-order valence-corrected chi connectivity index (χ3v) is 11.6. The number of rotatable bonds is 5. The zero-order valence-electron chi connectivity index (χ0n) is 22.8. The Labute approximate surface area is 231 Å². The van der Waals surface area contributed by atoms with Gasteiger partial charge >= 0.3 is 5.97 Å². The Morgan fingerprint density at radius 2 is 1.97 bits per heavy atom. The van der Waals surface area contributed by atoms with Gasteiger partial charge in [0, 0.05) is 29.3 Å². The summed E-state index contributed by atoms with van der Waals surface area (Å²) in [5.74, 6) is -3.51. The highest BCUT2D eigenvalue weighted by Crippen LogP contribution is 2.72. The van der Waals surface area contributed by atoms with Crippen LogP contribution in [0, 0.1) is 28.6 Å². The number of fused-ring (bicyclic) bond motifs is 5. The molecule has 39 heavy (non-hydrogen) atoms. The number of ketones is 1. The van der Waals surface area contributed by atoms with Crippen LogP contribution in [-0.4, -0.2) is 63.7 Å². The molecule has 4 fully saturated rings. The molecule has 6 unspecified atom stereocenters. The molecule has 0 spiro atoms. The third kappa shape index (κ3) is 3.59. The molecule has 10 atom stereocenters. The summed E-state index contributed by atoms with van der Waals surface area (Å²) in [7, 11) is 0. The molecule has 0 radical (unpaired) electrons. The summed E-state index contributed by atoms with van der Waals surface area (Å²) < 4.78 is 58.9. The molecule has 5 aliphatic rings. The Kier molecular flexibility index (Phi) is 6.99. The molecule has 0 bridgehead atoms. The molecule has 0 amide bonds. The first kappa shape index (κ1) is 28.9. The highest BCUT2D eigenvalue weighted by Gasteiger charge is 2.78. The summed E-state index contributed by atoms with van der Waals surface area (Å²) in [4.78, 5) is 39.6. The monoisotopic (exact) mass is 570 g/mol. The van der Waals surface area contributed by atoms with Crippen molar-refractivity contribution in [2.24, 2.45) is 28.6 Å². The Morgan fingerprint density at radius 3 is 2.59 bits per heavy atom. The zero-order chi connectivity index (χ0) is 28.6. The highest BCUT2D eigenvalue weighted by molar-refractivity contribution is 8.13. The number of aliphatic hydroxyl groups excluding tert-OH is 1. The van der Waals surface area contributed by atoms with Crippen LogP contribution in [0.15, 0.2) is 23.8 Å². The number of alkyl halides is 3. The van der Waals surface area contributed by atoms with Crippen molar-refractivity contribution in [2.45, 2.75) is 95.4 Å². The number of carbonyl (C=O) groups excluding carboxylic acids is 3. The van der Waals surface area contributed by atoms with Crippen LogP contribution >= 0.6 is 11.8 Å². The average Bonchev–Trinajstić information content (AvgIpc) is 3.46. The molecule has 6 nitrogen and oxygen atoms in total. The van der Waals surface area contributed by atoms with E-state index in [4.69, 9.17) is 9.47 Å². The number of hydrogen-bond donors (Lipinski definition) is 1. The van der Waals surface area contributed by atoms with Gasteiger partial charge in [-0.3, -0.25) is 9.59 Å². The van der Waals surface area contributed by atoms with Gasteiger partial charge in [0.15, 0.2) is 22.7 Å². The van der Waals surface area contributed by atoms with Gasteiger partial charge in [-0.05, 0) is 80.9 Å². The number of esters is 1. The number of ether oxygens (including phenoxy) is 2. The van der Waals surface area contributed by atoms with Crippen LogP contribution in [-0.2, 0) is 23.9 Å². The van der Waals surface area contributed by atoms with Crippen LogP contribution in [0.4, 0.5) is 13.2 Å². The van der Waals surface area contributed by atoms with E-state index in [9.17, 15) is 23.9 Å². The molecule has 4 aliphatic carbocycles. The van der Waals surface area contributed by atoms with E-state index >= 15 is 8.78 Å². The van der Waals surface area contributed by atoms with Gasteiger partial charge in [-0.2, -0.15) is 0 Å². The second-order valence-corrected chi connectivity index (χ2v) is 13.3. The molecule has 216 valence electrons. The maximum atomic E-state index is 17.5. The highest BCUT2D eigenvalue weighted by atomic mass is 32.2. The second-order valence-electron chi connectivity index (χ2n) is 12.5. The lowest BCUT2D eigenvalue weighted by atomic mass is 9.44. The van der Waals surface area contributed by atoms with Crippen LogP contribution in [0.25, 0.3) is 0 Å². The average molecular weight is 571 g/mol. The predicted molar refractivity (Wildman–Crippen MR) is 139 cm³/mol. The van der Waals surface area contributed by atoms with E-state index in [2.05, 4.69) is 0 Å². The quantitative estimate of drug-likeness (QED) is 0.467. The number of halogens is 3. The summed E-state index contributed by atoms with van der Waals surface area (Å²) in [6.45, 7) is 7.06. The van der Waals surface area contributed by atoms with Crippen molar-refractivity contribution in [2.75, 3.05) is 12.6 Å². The molecule has 0 aromatic rings. The van der Waals surface area contributed by atoms with Crippen LogP contribution in [0.3, 0.4) is 0 Å². The minimum Gasteiger partial charge on any atom is -0.447 e.